The number of rotatable bonds is 2. The van der Waals surface area contributed by atoms with Crippen LogP contribution in [0.4, 0.5) is 5.69 Å². The summed E-state index contributed by atoms with van der Waals surface area (Å²) in [6.07, 6.45) is 1.76. The highest BCUT2D eigenvalue weighted by Gasteiger charge is 1.95. The first kappa shape index (κ1) is 12.0. The van der Waals surface area contributed by atoms with Gasteiger partial charge in [0.15, 0.2) is 0 Å². The molecule has 0 unspecified atom stereocenters. The SMILES string of the molecule is CC(C)OC=O.Nc1cccc2[nH]ncc12. The zero-order valence-electron chi connectivity index (χ0n) is 9.31. The molecule has 16 heavy (non-hydrogen) atoms. The van der Waals surface area contributed by atoms with Crippen molar-refractivity contribution in [3.05, 3.63) is 24.4 Å². The van der Waals surface area contributed by atoms with Gasteiger partial charge in [-0.25, -0.2) is 0 Å². The lowest BCUT2D eigenvalue weighted by atomic mass is 10.2. The lowest BCUT2D eigenvalue weighted by molar-refractivity contribution is -0.131. The molecule has 0 fully saturated rings. The largest absolute Gasteiger partial charge is 0.465 e. The third-order valence-corrected chi connectivity index (χ3v) is 1.85. The number of aromatic amines is 1. The Labute approximate surface area is 93.6 Å². The fourth-order valence-electron chi connectivity index (χ4n) is 1.10. The van der Waals surface area contributed by atoms with Crippen LogP contribution in [0.1, 0.15) is 13.8 Å². The predicted molar refractivity (Wildman–Crippen MR) is 62.8 cm³/mol. The highest BCUT2D eigenvalue weighted by molar-refractivity contribution is 5.89. The monoisotopic (exact) mass is 221 g/mol. The fourth-order valence-corrected chi connectivity index (χ4v) is 1.10. The molecule has 0 amide bonds. The maximum Gasteiger partial charge on any atom is 0.293 e. The number of benzene rings is 1. The zero-order chi connectivity index (χ0) is 12.0. The van der Waals surface area contributed by atoms with Crippen molar-refractivity contribution >= 4 is 23.1 Å². The van der Waals surface area contributed by atoms with Crippen LogP contribution in [0.5, 0.6) is 0 Å². The molecule has 2 aromatic rings. The molecule has 1 aromatic carbocycles. The van der Waals surface area contributed by atoms with Gasteiger partial charge in [0, 0.05) is 11.1 Å². The van der Waals surface area contributed by atoms with Gasteiger partial charge in [-0.15, -0.1) is 0 Å². The quantitative estimate of drug-likeness (QED) is 0.597. The van der Waals surface area contributed by atoms with E-state index in [2.05, 4.69) is 14.9 Å². The van der Waals surface area contributed by atoms with E-state index in [9.17, 15) is 4.79 Å². The highest BCUT2D eigenvalue weighted by Crippen LogP contribution is 2.16. The highest BCUT2D eigenvalue weighted by atomic mass is 16.5. The van der Waals surface area contributed by atoms with Crippen molar-refractivity contribution in [2.75, 3.05) is 5.73 Å². The van der Waals surface area contributed by atoms with Gasteiger partial charge >= 0.3 is 0 Å². The summed E-state index contributed by atoms with van der Waals surface area (Å²) in [6.45, 7) is 4.05. The van der Waals surface area contributed by atoms with E-state index < -0.39 is 0 Å². The smallest absolute Gasteiger partial charge is 0.293 e. The molecule has 0 aliphatic rings. The van der Waals surface area contributed by atoms with Crippen LogP contribution in [0.25, 0.3) is 10.9 Å². The van der Waals surface area contributed by atoms with E-state index in [4.69, 9.17) is 5.73 Å². The Kier molecular flexibility index (Phi) is 4.32. The first-order valence-corrected chi connectivity index (χ1v) is 4.91. The topological polar surface area (TPSA) is 81.0 Å². The Hall–Kier alpha value is -2.04. The number of hydrogen-bond donors (Lipinski definition) is 2. The number of ether oxygens (including phenoxy) is 1. The van der Waals surface area contributed by atoms with Crippen LogP contribution in [-0.4, -0.2) is 22.8 Å². The van der Waals surface area contributed by atoms with Crippen LogP contribution in [0.3, 0.4) is 0 Å². The van der Waals surface area contributed by atoms with Crippen molar-refractivity contribution in [3.8, 4) is 0 Å². The summed E-state index contributed by atoms with van der Waals surface area (Å²) in [5, 5.41) is 7.68. The van der Waals surface area contributed by atoms with Crippen LogP contribution in [0.2, 0.25) is 0 Å². The molecule has 0 aliphatic carbocycles. The molecule has 2 rings (SSSR count). The fraction of sp³-hybridized carbons (Fsp3) is 0.273. The number of anilines is 1. The average Bonchev–Trinajstić information content (AvgIpc) is 2.67. The number of H-pyrrole nitrogens is 1. The summed E-state index contributed by atoms with van der Waals surface area (Å²) >= 11 is 0. The van der Waals surface area contributed by atoms with Crippen LogP contribution in [-0.2, 0) is 9.53 Å². The van der Waals surface area contributed by atoms with Gasteiger partial charge in [-0.1, -0.05) is 6.07 Å². The molecule has 0 atom stereocenters. The van der Waals surface area contributed by atoms with Crippen LogP contribution < -0.4 is 5.73 Å². The Balaban J connectivity index is 0.000000187. The lowest BCUT2D eigenvalue weighted by Gasteiger charge is -1.96. The molecule has 1 aromatic heterocycles. The average molecular weight is 221 g/mol. The van der Waals surface area contributed by atoms with Gasteiger partial charge in [0.05, 0.1) is 17.8 Å². The predicted octanol–water partition coefficient (Wildman–Crippen LogP) is 1.71. The zero-order valence-corrected chi connectivity index (χ0v) is 9.31. The van der Waals surface area contributed by atoms with Crippen LogP contribution >= 0.6 is 0 Å². The van der Waals surface area contributed by atoms with E-state index in [1.165, 1.54) is 0 Å². The molecule has 0 saturated carbocycles. The van der Waals surface area contributed by atoms with Gasteiger partial charge in [0.2, 0.25) is 0 Å². The van der Waals surface area contributed by atoms with Gasteiger partial charge in [-0.2, -0.15) is 5.10 Å². The third kappa shape index (κ3) is 3.27. The summed E-state index contributed by atoms with van der Waals surface area (Å²) in [5.41, 5.74) is 7.40. The summed E-state index contributed by atoms with van der Waals surface area (Å²) in [4.78, 5) is 9.39. The molecule has 3 N–H and O–H groups in total. The normalized spacial score (nSPS) is 9.69. The van der Waals surface area contributed by atoms with Crippen molar-refractivity contribution in [1.82, 2.24) is 10.2 Å². The molecule has 0 radical (unpaired) electrons. The van der Waals surface area contributed by atoms with Gasteiger partial charge in [0.25, 0.3) is 6.47 Å². The molecule has 0 saturated heterocycles. The van der Waals surface area contributed by atoms with Crippen molar-refractivity contribution < 1.29 is 9.53 Å². The third-order valence-electron chi connectivity index (χ3n) is 1.85. The number of hydrogen-bond acceptors (Lipinski definition) is 4. The molecule has 5 nitrogen and oxygen atoms in total. The van der Waals surface area contributed by atoms with E-state index in [0.29, 0.717) is 6.47 Å². The second kappa shape index (κ2) is 5.75. The second-order valence-corrected chi connectivity index (χ2v) is 3.46. The van der Waals surface area contributed by atoms with Crippen LogP contribution in [0.15, 0.2) is 24.4 Å². The van der Waals surface area contributed by atoms with E-state index in [1.807, 2.05) is 18.2 Å². The second-order valence-electron chi connectivity index (χ2n) is 3.46. The Bertz CT molecular complexity index is 451. The molecule has 0 bridgehead atoms. The van der Waals surface area contributed by atoms with Gasteiger partial charge in [-0.3, -0.25) is 9.89 Å². The standard InChI is InChI=1S/C7H7N3.C4H8O2/c8-6-2-1-3-7-5(6)4-9-10-7;1-4(2)6-3-5/h1-4H,8H2,(H,9,10);3-4H,1-2H3. The van der Waals surface area contributed by atoms with E-state index in [-0.39, 0.29) is 6.10 Å². The first-order chi connectivity index (χ1) is 7.65. The molecular weight excluding hydrogens is 206 g/mol. The number of nitrogens with two attached hydrogens (primary N) is 1. The minimum atomic E-state index is 0.0301. The number of nitrogen functional groups attached to an aromatic ring is 1. The molecular formula is C11H15N3O2. The number of aromatic nitrogens is 2. The van der Waals surface area contributed by atoms with Crippen molar-refractivity contribution in [2.45, 2.75) is 20.0 Å². The van der Waals surface area contributed by atoms with Gasteiger partial charge < -0.3 is 10.5 Å². The molecule has 86 valence electrons. The maximum absolute atomic E-state index is 9.39. The Morgan fingerprint density at radius 3 is 2.75 bits per heavy atom. The first-order valence-electron chi connectivity index (χ1n) is 4.91. The van der Waals surface area contributed by atoms with E-state index >= 15 is 0 Å². The van der Waals surface area contributed by atoms with Gasteiger partial charge in [-0.05, 0) is 26.0 Å². The number of carbonyl (C=O) groups is 1. The number of nitrogens with zero attached hydrogens (tertiary/aromatic N) is 1. The summed E-state index contributed by atoms with van der Waals surface area (Å²) < 4.78 is 4.36. The van der Waals surface area contributed by atoms with Crippen molar-refractivity contribution in [3.63, 3.8) is 0 Å². The summed E-state index contributed by atoms with van der Waals surface area (Å²) in [7, 11) is 0. The van der Waals surface area contributed by atoms with Crippen LogP contribution in [0, 0.1) is 0 Å². The number of carbonyl (C=O) groups excluding carboxylic acids is 1. The minimum absolute atomic E-state index is 0.0301. The molecule has 1 heterocycles. The van der Waals surface area contributed by atoms with Gasteiger partial charge in [0.1, 0.15) is 0 Å². The Morgan fingerprint density at radius 1 is 1.50 bits per heavy atom. The maximum atomic E-state index is 9.39. The van der Waals surface area contributed by atoms with E-state index in [0.717, 1.165) is 16.6 Å². The number of fused-ring (bicyclic) bond motifs is 1. The lowest BCUT2D eigenvalue weighted by Crippen LogP contribution is -1.98. The van der Waals surface area contributed by atoms with Crippen molar-refractivity contribution in [1.29, 1.82) is 0 Å². The summed E-state index contributed by atoms with van der Waals surface area (Å²) in [6, 6.07) is 5.70. The van der Waals surface area contributed by atoms with E-state index in [1.54, 1.807) is 20.0 Å². The van der Waals surface area contributed by atoms with Crippen molar-refractivity contribution in [2.24, 2.45) is 0 Å². The summed E-state index contributed by atoms with van der Waals surface area (Å²) in [5.74, 6) is 0. The molecule has 0 aliphatic heterocycles. The number of nitrogens with one attached hydrogen (secondary N) is 1. The Morgan fingerprint density at radius 2 is 2.25 bits per heavy atom. The minimum Gasteiger partial charge on any atom is -0.465 e. The molecule has 5 heteroatoms. The molecule has 0 spiro atoms.